The highest BCUT2D eigenvalue weighted by atomic mass is 16.2. The summed E-state index contributed by atoms with van der Waals surface area (Å²) in [7, 11) is 0. The first-order chi connectivity index (χ1) is 9.69. The van der Waals surface area contributed by atoms with Crippen molar-refractivity contribution in [2.24, 2.45) is 0 Å². The zero-order chi connectivity index (χ0) is 14.4. The number of nitrogens with one attached hydrogen (secondary N) is 1. The Bertz CT molecular complexity index is 525. The molecule has 0 unspecified atom stereocenters. The largest absolute Gasteiger partial charge is 0.343 e. The summed E-state index contributed by atoms with van der Waals surface area (Å²) < 4.78 is 1.44. The van der Waals surface area contributed by atoms with Gasteiger partial charge in [0.05, 0.1) is 6.07 Å². The van der Waals surface area contributed by atoms with Crippen molar-refractivity contribution < 1.29 is 9.59 Å². The summed E-state index contributed by atoms with van der Waals surface area (Å²) in [5.41, 5.74) is 0. The van der Waals surface area contributed by atoms with Gasteiger partial charge in [0.25, 0.3) is 0 Å². The van der Waals surface area contributed by atoms with E-state index in [2.05, 4.69) is 10.4 Å². The zero-order valence-electron chi connectivity index (χ0n) is 11.2. The number of carbonyl (C=O) groups excluding carboxylic acids is 2. The topological polar surface area (TPSA) is 91.0 Å². The van der Waals surface area contributed by atoms with E-state index in [0.29, 0.717) is 5.82 Å². The number of likely N-dealkylation sites (tertiary alicyclic amines) is 1. The van der Waals surface area contributed by atoms with E-state index in [1.54, 1.807) is 17.2 Å². The molecule has 0 aliphatic carbocycles. The van der Waals surface area contributed by atoms with E-state index in [-0.39, 0.29) is 31.2 Å². The van der Waals surface area contributed by atoms with Gasteiger partial charge in [0.2, 0.25) is 11.8 Å². The van der Waals surface area contributed by atoms with Crippen LogP contribution in [0.25, 0.3) is 0 Å². The van der Waals surface area contributed by atoms with Crippen LogP contribution in [-0.2, 0) is 16.1 Å². The van der Waals surface area contributed by atoms with Gasteiger partial charge in [-0.1, -0.05) is 0 Å². The van der Waals surface area contributed by atoms with Crippen LogP contribution in [0.4, 0.5) is 5.82 Å². The predicted molar refractivity (Wildman–Crippen MR) is 71.5 cm³/mol. The van der Waals surface area contributed by atoms with E-state index in [9.17, 15) is 9.59 Å². The van der Waals surface area contributed by atoms with Crippen molar-refractivity contribution in [2.45, 2.75) is 32.2 Å². The first-order valence-electron chi connectivity index (χ1n) is 6.67. The van der Waals surface area contributed by atoms with Crippen LogP contribution in [0.2, 0.25) is 0 Å². The molecule has 2 heterocycles. The second-order valence-corrected chi connectivity index (χ2v) is 4.69. The molecule has 1 aromatic rings. The number of hydrogen-bond acceptors (Lipinski definition) is 4. The number of amides is 2. The van der Waals surface area contributed by atoms with Crippen LogP contribution < -0.4 is 5.32 Å². The second-order valence-electron chi connectivity index (χ2n) is 4.69. The molecular weight excluding hydrogens is 258 g/mol. The van der Waals surface area contributed by atoms with Crippen molar-refractivity contribution in [3.8, 4) is 6.07 Å². The van der Waals surface area contributed by atoms with Crippen LogP contribution in [0, 0.1) is 11.3 Å². The van der Waals surface area contributed by atoms with Crippen LogP contribution in [-0.4, -0.2) is 39.6 Å². The summed E-state index contributed by atoms with van der Waals surface area (Å²) >= 11 is 0. The monoisotopic (exact) mass is 275 g/mol. The van der Waals surface area contributed by atoms with Crippen molar-refractivity contribution in [2.75, 3.05) is 18.4 Å². The van der Waals surface area contributed by atoms with E-state index in [1.807, 2.05) is 6.07 Å². The van der Waals surface area contributed by atoms with Crippen molar-refractivity contribution in [1.29, 1.82) is 5.26 Å². The van der Waals surface area contributed by atoms with E-state index < -0.39 is 0 Å². The normalized spacial score (nSPS) is 14.1. The number of nitriles is 1. The molecule has 1 aliphatic heterocycles. The molecule has 0 bridgehead atoms. The lowest BCUT2D eigenvalue weighted by Gasteiger charge is -2.14. The molecule has 1 N–H and O–H groups in total. The third-order valence-electron chi connectivity index (χ3n) is 3.17. The fourth-order valence-corrected chi connectivity index (χ4v) is 2.14. The van der Waals surface area contributed by atoms with Crippen LogP contribution in [0.15, 0.2) is 12.3 Å². The Kier molecular flexibility index (Phi) is 4.71. The minimum Gasteiger partial charge on any atom is -0.343 e. The molecule has 1 aliphatic rings. The SMILES string of the molecule is N#CCn1ccc(NC(=O)CCC(=O)N2CCCC2)n1. The highest BCUT2D eigenvalue weighted by Gasteiger charge is 2.18. The fourth-order valence-electron chi connectivity index (χ4n) is 2.14. The van der Waals surface area contributed by atoms with Gasteiger partial charge >= 0.3 is 0 Å². The lowest BCUT2D eigenvalue weighted by Crippen LogP contribution is -2.28. The van der Waals surface area contributed by atoms with Gasteiger partial charge in [0.1, 0.15) is 6.54 Å². The Hall–Kier alpha value is -2.36. The summed E-state index contributed by atoms with van der Waals surface area (Å²) in [5.74, 6) is 0.200. The van der Waals surface area contributed by atoms with Crippen molar-refractivity contribution in [3.63, 3.8) is 0 Å². The van der Waals surface area contributed by atoms with Crippen LogP contribution in [0.1, 0.15) is 25.7 Å². The van der Waals surface area contributed by atoms with Crippen LogP contribution >= 0.6 is 0 Å². The molecule has 106 valence electrons. The maximum Gasteiger partial charge on any atom is 0.226 e. The Morgan fingerprint density at radius 3 is 2.80 bits per heavy atom. The zero-order valence-corrected chi connectivity index (χ0v) is 11.2. The lowest BCUT2D eigenvalue weighted by atomic mass is 10.2. The minimum atomic E-state index is -0.236. The average Bonchev–Trinajstić information content (AvgIpc) is 3.08. The van der Waals surface area contributed by atoms with E-state index in [4.69, 9.17) is 5.26 Å². The molecule has 1 fully saturated rings. The molecule has 0 radical (unpaired) electrons. The molecule has 1 aromatic heterocycles. The summed E-state index contributed by atoms with van der Waals surface area (Å²) in [4.78, 5) is 25.3. The summed E-state index contributed by atoms with van der Waals surface area (Å²) in [6.45, 7) is 1.75. The molecule has 7 nitrogen and oxygen atoms in total. The van der Waals surface area contributed by atoms with Crippen molar-refractivity contribution >= 4 is 17.6 Å². The van der Waals surface area contributed by atoms with E-state index >= 15 is 0 Å². The van der Waals surface area contributed by atoms with Gasteiger partial charge in [-0.15, -0.1) is 0 Å². The predicted octanol–water partition coefficient (Wildman–Crippen LogP) is 0.748. The fraction of sp³-hybridized carbons (Fsp3) is 0.538. The van der Waals surface area contributed by atoms with Gasteiger partial charge in [-0.3, -0.25) is 14.3 Å². The van der Waals surface area contributed by atoms with Crippen LogP contribution in [0.3, 0.4) is 0 Å². The van der Waals surface area contributed by atoms with E-state index in [1.165, 1.54) is 4.68 Å². The molecule has 0 saturated carbocycles. The van der Waals surface area contributed by atoms with Crippen molar-refractivity contribution in [3.05, 3.63) is 12.3 Å². The third kappa shape index (κ3) is 3.82. The quantitative estimate of drug-likeness (QED) is 0.858. The molecular formula is C13H17N5O2. The molecule has 2 rings (SSSR count). The van der Waals surface area contributed by atoms with Gasteiger partial charge in [0, 0.05) is 38.2 Å². The molecule has 0 atom stereocenters. The summed E-state index contributed by atoms with van der Waals surface area (Å²) in [5, 5.41) is 15.1. The minimum absolute atomic E-state index is 0.0349. The van der Waals surface area contributed by atoms with Crippen LogP contribution in [0.5, 0.6) is 0 Å². The summed E-state index contributed by atoms with van der Waals surface area (Å²) in [6, 6.07) is 3.58. The number of hydrogen-bond donors (Lipinski definition) is 1. The lowest BCUT2D eigenvalue weighted by molar-refractivity contribution is -0.131. The molecule has 2 amide bonds. The highest BCUT2D eigenvalue weighted by molar-refractivity contribution is 5.92. The van der Waals surface area contributed by atoms with Gasteiger partial charge < -0.3 is 10.2 Å². The molecule has 0 aromatic carbocycles. The third-order valence-corrected chi connectivity index (χ3v) is 3.17. The number of nitrogens with zero attached hydrogens (tertiary/aromatic N) is 4. The molecule has 7 heteroatoms. The number of carbonyl (C=O) groups is 2. The first-order valence-corrected chi connectivity index (χ1v) is 6.67. The number of rotatable bonds is 5. The first kappa shape index (κ1) is 14.1. The van der Waals surface area contributed by atoms with Gasteiger partial charge in [-0.2, -0.15) is 10.4 Å². The Morgan fingerprint density at radius 2 is 2.10 bits per heavy atom. The van der Waals surface area contributed by atoms with Gasteiger partial charge in [-0.25, -0.2) is 0 Å². The number of anilines is 1. The maximum absolute atomic E-state index is 11.8. The van der Waals surface area contributed by atoms with Crippen molar-refractivity contribution in [1.82, 2.24) is 14.7 Å². The summed E-state index contributed by atoms with van der Waals surface area (Å²) in [6.07, 6.45) is 4.10. The van der Waals surface area contributed by atoms with Gasteiger partial charge in [0.15, 0.2) is 5.82 Å². The highest BCUT2D eigenvalue weighted by Crippen LogP contribution is 2.10. The van der Waals surface area contributed by atoms with E-state index in [0.717, 1.165) is 25.9 Å². The Balaban J connectivity index is 1.74. The standard InChI is InChI=1S/C13H17N5O2/c14-6-10-18-9-5-11(16-18)15-12(19)3-4-13(20)17-7-1-2-8-17/h5,9H,1-4,7-8,10H2,(H,15,16,19). The maximum atomic E-state index is 11.8. The average molecular weight is 275 g/mol. The molecule has 0 spiro atoms. The Labute approximate surface area is 117 Å². The van der Waals surface area contributed by atoms with Gasteiger partial charge in [-0.05, 0) is 12.8 Å². The Morgan fingerprint density at radius 1 is 1.35 bits per heavy atom. The molecule has 20 heavy (non-hydrogen) atoms. The second kappa shape index (κ2) is 6.70. The molecule has 1 saturated heterocycles. The smallest absolute Gasteiger partial charge is 0.226 e. The number of aromatic nitrogens is 2.